The van der Waals surface area contributed by atoms with Gasteiger partial charge < -0.3 is 19.1 Å². The fourth-order valence-corrected chi connectivity index (χ4v) is 2.98. The predicted molar refractivity (Wildman–Crippen MR) is 134 cm³/mol. The molecule has 0 saturated carbocycles. The number of hydrogen-bond donors (Lipinski definition) is 0. The summed E-state index contributed by atoms with van der Waals surface area (Å²) < 4.78 is 48.2. The maximum atomic E-state index is 13.0. The Morgan fingerprint density at radius 2 is 1.77 bits per heavy atom. The summed E-state index contributed by atoms with van der Waals surface area (Å²) in [5, 5.41) is 7.57. The van der Waals surface area contributed by atoms with E-state index in [0.29, 0.717) is 16.0 Å². The van der Waals surface area contributed by atoms with Gasteiger partial charge in [0.15, 0.2) is 5.71 Å². The van der Waals surface area contributed by atoms with Gasteiger partial charge in [-0.3, -0.25) is 9.59 Å². The third kappa shape index (κ3) is 9.43. The van der Waals surface area contributed by atoms with E-state index >= 15 is 0 Å². The maximum absolute atomic E-state index is 13.0. The van der Waals surface area contributed by atoms with Gasteiger partial charge in [-0.1, -0.05) is 66.6 Å². The summed E-state index contributed by atoms with van der Waals surface area (Å²) >= 11 is 0. The monoisotopic (exact) mass is 551 g/mol. The lowest BCUT2D eigenvalue weighted by Crippen LogP contribution is -2.39. The summed E-state index contributed by atoms with van der Waals surface area (Å²) in [5.74, 6) is -1.89. The number of imide groups is 1. The number of rotatable bonds is 11. The molecule has 10 nitrogen and oxygen atoms in total. The second kappa shape index (κ2) is 14.5. The fourth-order valence-electron chi connectivity index (χ4n) is 2.98. The molecular formula is C26H28F3N3O7. The number of oxime groups is 2. The molecule has 2 rings (SSSR count). The molecule has 0 spiro atoms. The second-order valence-corrected chi connectivity index (χ2v) is 8.24. The average Bonchev–Trinajstić information content (AvgIpc) is 2.90. The van der Waals surface area contributed by atoms with Crippen molar-refractivity contribution in [2.75, 3.05) is 27.6 Å². The van der Waals surface area contributed by atoms with E-state index in [1.54, 1.807) is 38.1 Å². The zero-order valence-corrected chi connectivity index (χ0v) is 21.7. The second-order valence-electron chi connectivity index (χ2n) is 8.24. The van der Waals surface area contributed by atoms with Gasteiger partial charge in [0, 0.05) is 24.6 Å². The number of ether oxygens (including phenoxy) is 2. The van der Waals surface area contributed by atoms with Gasteiger partial charge in [0.1, 0.15) is 13.7 Å². The summed E-state index contributed by atoms with van der Waals surface area (Å²) in [6.45, 7) is 2.53. The average molecular weight is 552 g/mol. The maximum Gasteiger partial charge on any atom is 0.419 e. The summed E-state index contributed by atoms with van der Waals surface area (Å²) in [6, 6.07) is 11.3. The highest BCUT2D eigenvalue weighted by molar-refractivity contribution is 6.47. The van der Waals surface area contributed by atoms with E-state index in [1.807, 2.05) is 0 Å². The molecule has 2 aromatic carbocycles. The lowest BCUT2D eigenvalue weighted by molar-refractivity contribution is -0.156. The van der Waals surface area contributed by atoms with Crippen LogP contribution in [0.4, 0.5) is 18.0 Å². The summed E-state index contributed by atoms with van der Waals surface area (Å²) in [6.07, 6.45) is -4.08. The SMILES string of the molecule is CON=C(C(=O)N(C)C(=O)OCOC(=O)C(C)C)c1ccccc1C=NOCCc1cccc(C(F)(F)F)c1. The van der Waals surface area contributed by atoms with E-state index in [-0.39, 0.29) is 24.3 Å². The Balaban J connectivity index is 2.06. The smallest absolute Gasteiger partial charge is 0.419 e. The van der Waals surface area contributed by atoms with Crippen LogP contribution in [0.15, 0.2) is 58.8 Å². The number of amides is 2. The molecule has 39 heavy (non-hydrogen) atoms. The minimum absolute atomic E-state index is 0.00606. The van der Waals surface area contributed by atoms with Crippen molar-refractivity contribution in [3.8, 4) is 0 Å². The van der Waals surface area contributed by atoms with Gasteiger partial charge in [0.05, 0.1) is 17.7 Å². The van der Waals surface area contributed by atoms with Gasteiger partial charge in [0.25, 0.3) is 5.91 Å². The van der Waals surface area contributed by atoms with Crippen LogP contribution in [-0.4, -0.2) is 62.4 Å². The van der Waals surface area contributed by atoms with E-state index in [9.17, 15) is 27.6 Å². The van der Waals surface area contributed by atoms with E-state index < -0.39 is 42.4 Å². The summed E-state index contributed by atoms with van der Waals surface area (Å²) in [7, 11) is 2.36. The number of alkyl halides is 3. The van der Waals surface area contributed by atoms with E-state index in [2.05, 4.69) is 10.3 Å². The van der Waals surface area contributed by atoms with Crippen molar-refractivity contribution in [2.24, 2.45) is 16.2 Å². The molecule has 0 radical (unpaired) electrons. The molecule has 0 aliphatic rings. The van der Waals surface area contributed by atoms with E-state index in [1.165, 1.54) is 25.5 Å². The highest BCUT2D eigenvalue weighted by Gasteiger charge is 2.30. The first kappa shape index (κ1) is 30.8. The molecule has 210 valence electrons. The summed E-state index contributed by atoms with van der Waals surface area (Å²) in [4.78, 5) is 47.4. The number of hydrogen-bond acceptors (Lipinski definition) is 9. The van der Waals surface area contributed by atoms with Crippen LogP contribution in [0.3, 0.4) is 0 Å². The predicted octanol–water partition coefficient (Wildman–Crippen LogP) is 4.40. The van der Waals surface area contributed by atoms with Gasteiger partial charge in [0.2, 0.25) is 6.79 Å². The van der Waals surface area contributed by atoms with Crippen LogP contribution in [0.2, 0.25) is 0 Å². The van der Waals surface area contributed by atoms with Crippen LogP contribution in [0.1, 0.15) is 36.1 Å². The van der Waals surface area contributed by atoms with Crippen molar-refractivity contribution in [1.29, 1.82) is 0 Å². The molecule has 0 unspecified atom stereocenters. The Hall–Kier alpha value is -4.42. The number of benzene rings is 2. The number of nitrogens with zero attached hydrogens (tertiary/aromatic N) is 3. The van der Waals surface area contributed by atoms with Crippen LogP contribution >= 0.6 is 0 Å². The minimum Gasteiger partial charge on any atom is -0.428 e. The Labute approximate surface area is 222 Å². The molecule has 13 heteroatoms. The third-order valence-corrected chi connectivity index (χ3v) is 5.04. The minimum atomic E-state index is -4.44. The van der Waals surface area contributed by atoms with Crippen molar-refractivity contribution >= 4 is 29.9 Å². The quantitative estimate of drug-likeness (QED) is 0.134. The molecule has 0 heterocycles. The van der Waals surface area contributed by atoms with Gasteiger partial charge >= 0.3 is 18.2 Å². The molecular weight excluding hydrogens is 523 g/mol. The van der Waals surface area contributed by atoms with Crippen molar-refractivity contribution in [1.82, 2.24) is 4.90 Å². The zero-order valence-electron chi connectivity index (χ0n) is 21.7. The molecule has 0 saturated heterocycles. The first-order chi connectivity index (χ1) is 18.5. The Kier molecular flexibility index (Phi) is 11.5. The highest BCUT2D eigenvalue weighted by Crippen LogP contribution is 2.29. The highest BCUT2D eigenvalue weighted by atomic mass is 19.4. The van der Waals surface area contributed by atoms with Gasteiger partial charge in [-0.2, -0.15) is 13.2 Å². The standard InChI is InChI=1S/C26H28F3N3O7/c1-17(2)24(34)37-16-38-25(35)32(3)23(33)22(31-36-4)21-11-6-5-9-19(21)15-30-39-13-12-18-8-7-10-20(14-18)26(27,28)29/h5-11,14-15,17H,12-13,16H2,1-4H3. The van der Waals surface area contributed by atoms with Gasteiger partial charge in [-0.05, 0) is 11.6 Å². The van der Waals surface area contributed by atoms with Crippen molar-refractivity contribution in [3.63, 3.8) is 0 Å². The molecule has 0 aliphatic heterocycles. The number of carbonyl (C=O) groups is 3. The largest absolute Gasteiger partial charge is 0.428 e. The fraction of sp³-hybridized carbons (Fsp3) is 0.346. The normalized spacial score (nSPS) is 11.8. The molecule has 0 aromatic heterocycles. The van der Waals surface area contributed by atoms with Crippen LogP contribution in [-0.2, 0) is 41.3 Å². The molecule has 2 aromatic rings. The molecule has 0 fully saturated rings. The first-order valence-electron chi connectivity index (χ1n) is 11.6. The van der Waals surface area contributed by atoms with Gasteiger partial charge in [-0.25, -0.2) is 9.69 Å². The zero-order chi connectivity index (χ0) is 29.0. The number of carbonyl (C=O) groups excluding carboxylic acids is 3. The molecule has 0 bridgehead atoms. The summed E-state index contributed by atoms with van der Waals surface area (Å²) in [5.41, 5.74) is 0.0165. The molecule has 0 atom stereocenters. The lowest BCUT2D eigenvalue weighted by Gasteiger charge is -2.17. The van der Waals surface area contributed by atoms with Crippen LogP contribution in [0, 0.1) is 5.92 Å². The Morgan fingerprint density at radius 1 is 1.05 bits per heavy atom. The van der Waals surface area contributed by atoms with Crippen LogP contribution in [0.25, 0.3) is 0 Å². The van der Waals surface area contributed by atoms with Gasteiger partial charge in [-0.15, -0.1) is 0 Å². The number of halogens is 3. The molecule has 0 aliphatic carbocycles. The topological polar surface area (TPSA) is 116 Å². The Bertz CT molecular complexity index is 1210. The van der Waals surface area contributed by atoms with Crippen molar-refractivity contribution in [3.05, 3.63) is 70.8 Å². The molecule has 2 amide bonds. The van der Waals surface area contributed by atoms with Crippen molar-refractivity contribution in [2.45, 2.75) is 26.4 Å². The van der Waals surface area contributed by atoms with E-state index in [0.717, 1.165) is 19.2 Å². The third-order valence-electron chi connectivity index (χ3n) is 5.04. The van der Waals surface area contributed by atoms with Crippen LogP contribution in [0.5, 0.6) is 0 Å². The van der Waals surface area contributed by atoms with Crippen molar-refractivity contribution < 1.29 is 46.7 Å². The first-order valence-corrected chi connectivity index (χ1v) is 11.6. The number of esters is 1. The van der Waals surface area contributed by atoms with E-state index in [4.69, 9.17) is 19.1 Å². The lowest BCUT2D eigenvalue weighted by atomic mass is 10.0. The molecule has 0 N–H and O–H groups in total. The van der Waals surface area contributed by atoms with Crippen LogP contribution < -0.4 is 0 Å². The number of likely N-dealkylation sites (N-methyl/N-ethyl adjacent to an activating group) is 1. The Morgan fingerprint density at radius 3 is 2.44 bits per heavy atom.